The topological polar surface area (TPSA) is 78.9 Å². The minimum atomic E-state index is -0.927. The number of nitrogens with one attached hydrogen (secondary N) is 1. The highest BCUT2D eigenvalue weighted by Gasteiger charge is 2.41. The Balaban J connectivity index is 1.99. The molecular weight excluding hydrogens is 280 g/mol. The van der Waals surface area contributed by atoms with E-state index >= 15 is 0 Å². The standard InChI is InChI=1S/C13H22N2O4S/c1-3-11-15(10(7-20-11)12(16)17)13(18)14-9-4-5-19-8(2)6-9/h8-11H,3-7H2,1-2H3,(H,14,18)(H,16,17). The smallest absolute Gasteiger partial charge is 0.327 e. The van der Waals surface area contributed by atoms with E-state index in [1.54, 1.807) is 0 Å². The SMILES string of the molecule is CCC1SCC(C(=O)O)N1C(=O)NC1CCOC(C)C1. The largest absolute Gasteiger partial charge is 0.480 e. The average Bonchev–Trinajstić information content (AvgIpc) is 2.82. The van der Waals surface area contributed by atoms with Gasteiger partial charge in [0.1, 0.15) is 6.04 Å². The van der Waals surface area contributed by atoms with Crippen LogP contribution in [0.2, 0.25) is 0 Å². The molecule has 2 saturated heterocycles. The van der Waals surface area contributed by atoms with E-state index in [-0.39, 0.29) is 23.6 Å². The number of nitrogens with zero attached hydrogens (tertiary/aromatic N) is 1. The molecule has 0 bridgehead atoms. The van der Waals surface area contributed by atoms with Crippen LogP contribution in [0.1, 0.15) is 33.1 Å². The molecular formula is C13H22N2O4S. The molecule has 0 saturated carbocycles. The van der Waals surface area contributed by atoms with Gasteiger partial charge < -0.3 is 15.2 Å². The molecule has 114 valence electrons. The molecule has 0 aromatic carbocycles. The Bertz CT molecular complexity index is 379. The fourth-order valence-corrected chi connectivity index (χ4v) is 4.07. The van der Waals surface area contributed by atoms with Crippen LogP contribution in [0.15, 0.2) is 0 Å². The summed E-state index contributed by atoms with van der Waals surface area (Å²) < 4.78 is 5.45. The number of aliphatic carboxylic acids is 1. The van der Waals surface area contributed by atoms with Crippen LogP contribution in [0, 0.1) is 0 Å². The molecule has 2 heterocycles. The van der Waals surface area contributed by atoms with Crippen molar-refractivity contribution >= 4 is 23.8 Å². The van der Waals surface area contributed by atoms with Crippen LogP contribution in [-0.2, 0) is 9.53 Å². The summed E-state index contributed by atoms with van der Waals surface area (Å²) in [6, 6.07) is -0.903. The van der Waals surface area contributed by atoms with Gasteiger partial charge in [-0.15, -0.1) is 11.8 Å². The number of urea groups is 1. The van der Waals surface area contributed by atoms with Crippen molar-refractivity contribution in [1.29, 1.82) is 0 Å². The molecule has 2 aliphatic rings. The minimum absolute atomic E-state index is 0.0478. The Morgan fingerprint density at radius 2 is 2.25 bits per heavy atom. The van der Waals surface area contributed by atoms with Gasteiger partial charge >= 0.3 is 12.0 Å². The van der Waals surface area contributed by atoms with Crippen LogP contribution < -0.4 is 5.32 Å². The lowest BCUT2D eigenvalue weighted by molar-refractivity contribution is -0.141. The number of hydrogen-bond acceptors (Lipinski definition) is 4. The predicted octanol–water partition coefficient (Wildman–Crippen LogP) is 1.50. The van der Waals surface area contributed by atoms with E-state index in [0.717, 1.165) is 19.3 Å². The summed E-state index contributed by atoms with van der Waals surface area (Å²) in [6.07, 6.45) is 2.46. The Hall–Kier alpha value is -0.950. The molecule has 0 radical (unpaired) electrons. The van der Waals surface area contributed by atoms with Crippen molar-refractivity contribution in [3.8, 4) is 0 Å². The van der Waals surface area contributed by atoms with Crippen LogP contribution in [0.5, 0.6) is 0 Å². The Morgan fingerprint density at radius 1 is 1.50 bits per heavy atom. The maximum absolute atomic E-state index is 12.4. The molecule has 4 atom stereocenters. The molecule has 6 nitrogen and oxygen atoms in total. The van der Waals surface area contributed by atoms with Gasteiger partial charge in [-0.25, -0.2) is 9.59 Å². The first-order valence-electron chi connectivity index (χ1n) is 7.07. The van der Waals surface area contributed by atoms with Crippen molar-refractivity contribution in [2.24, 2.45) is 0 Å². The van der Waals surface area contributed by atoms with Gasteiger partial charge in [-0.3, -0.25) is 4.90 Å². The zero-order valence-corrected chi connectivity index (χ0v) is 12.7. The molecule has 2 N–H and O–H groups in total. The lowest BCUT2D eigenvalue weighted by atomic mass is 10.0. The number of ether oxygens (including phenoxy) is 1. The number of rotatable bonds is 3. The molecule has 0 aromatic heterocycles. The Kier molecular flexibility index (Phi) is 5.15. The zero-order valence-electron chi connectivity index (χ0n) is 11.9. The molecule has 20 heavy (non-hydrogen) atoms. The maximum atomic E-state index is 12.4. The lowest BCUT2D eigenvalue weighted by Gasteiger charge is -2.32. The fourth-order valence-electron chi connectivity index (χ4n) is 2.72. The Labute approximate surface area is 123 Å². The van der Waals surface area contributed by atoms with Crippen LogP contribution in [-0.4, -0.2) is 57.9 Å². The molecule has 2 fully saturated rings. The van der Waals surface area contributed by atoms with E-state index in [1.165, 1.54) is 16.7 Å². The molecule has 0 spiro atoms. The van der Waals surface area contributed by atoms with Gasteiger partial charge in [0.15, 0.2) is 0 Å². The first-order chi connectivity index (χ1) is 9.52. The van der Waals surface area contributed by atoms with E-state index in [4.69, 9.17) is 4.74 Å². The number of amides is 2. The van der Waals surface area contributed by atoms with Crippen molar-refractivity contribution in [2.75, 3.05) is 12.4 Å². The fraction of sp³-hybridized carbons (Fsp3) is 0.846. The summed E-state index contributed by atoms with van der Waals surface area (Å²) in [5, 5.41) is 12.2. The second-order valence-corrected chi connectivity index (χ2v) is 6.52. The third-order valence-electron chi connectivity index (χ3n) is 3.77. The summed E-state index contributed by atoms with van der Waals surface area (Å²) in [6.45, 7) is 4.60. The second kappa shape index (κ2) is 6.67. The van der Waals surface area contributed by atoms with Crippen LogP contribution in [0.4, 0.5) is 4.79 Å². The van der Waals surface area contributed by atoms with Crippen molar-refractivity contribution in [3.63, 3.8) is 0 Å². The molecule has 0 aliphatic carbocycles. The van der Waals surface area contributed by atoms with E-state index < -0.39 is 12.0 Å². The van der Waals surface area contributed by atoms with E-state index in [9.17, 15) is 14.7 Å². The van der Waals surface area contributed by atoms with Crippen LogP contribution in [0.3, 0.4) is 0 Å². The van der Waals surface area contributed by atoms with E-state index in [2.05, 4.69) is 5.32 Å². The van der Waals surface area contributed by atoms with Crippen molar-refractivity contribution in [1.82, 2.24) is 10.2 Å². The van der Waals surface area contributed by atoms with Crippen molar-refractivity contribution in [2.45, 2.75) is 56.7 Å². The first kappa shape index (κ1) is 15.4. The molecule has 2 aliphatic heterocycles. The molecule has 4 unspecified atom stereocenters. The molecule has 0 aromatic rings. The first-order valence-corrected chi connectivity index (χ1v) is 8.12. The third kappa shape index (κ3) is 3.38. The normalized spacial score (nSPS) is 34.0. The maximum Gasteiger partial charge on any atom is 0.327 e. The van der Waals surface area contributed by atoms with E-state index in [1.807, 2.05) is 13.8 Å². The van der Waals surface area contributed by atoms with Crippen LogP contribution in [0.25, 0.3) is 0 Å². The summed E-state index contributed by atoms with van der Waals surface area (Å²) in [4.78, 5) is 25.2. The highest BCUT2D eigenvalue weighted by Crippen LogP contribution is 2.31. The van der Waals surface area contributed by atoms with Gasteiger partial charge in [0.05, 0.1) is 11.5 Å². The highest BCUT2D eigenvalue weighted by molar-refractivity contribution is 8.00. The van der Waals surface area contributed by atoms with E-state index in [0.29, 0.717) is 12.4 Å². The quantitative estimate of drug-likeness (QED) is 0.826. The number of hydrogen-bond donors (Lipinski definition) is 2. The number of carboxylic acids is 1. The number of carbonyl (C=O) groups is 2. The second-order valence-electron chi connectivity index (χ2n) is 5.31. The monoisotopic (exact) mass is 302 g/mol. The average molecular weight is 302 g/mol. The molecule has 2 rings (SSSR count). The molecule has 2 amide bonds. The zero-order chi connectivity index (χ0) is 14.7. The lowest BCUT2D eigenvalue weighted by Crippen LogP contribution is -2.53. The van der Waals surface area contributed by atoms with Crippen LogP contribution >= 0.6 is 11.8 Å². The van der Waals surface area contributed by atoms with Crippen molar-refractivity contribution in [3.05, 3.63) is 0 Å². The number of thioether (sulfide) groups is 1. The van der Waals surface area contributed by atoms with Gasteiger partial charge in [-0.1, -0.05) is 6.92 Å². The minimum Gasteiger partial charge on any atom is -0.480 e. The van der Waals surface area contributed by atoms with Crippen molar-refractivity contribution < 1.29 is 19.4 Å². The van der Waals surface area contributed by atoms with Gasteiger partial charge in [-0.05, 0) is 26.2 Å². The third-order valence-corrected chi connectivity index (χ3v) is 5.23. The van der Waals surface area contributed by atoms with Gasteiger partial charge in [0.25, 0.3) is 0 Å². The summed E-state index contributed by atoms with van der Waals surface area (Å²) in [5.74, 6) is -0.463. The summed E-state index contributed by atoms with van der Waals surface area (Å²) in [5.41, 5.74) is 0. The Morgan fingerprint density at radius 3 is 2.85 bits per heavy atom. The number of carboxylic acid groups (broad SMARTS) is 1. The van der Waals surface area contributed by atoms with Gasteiger partial charge in [0, 0.05) is 18.4 Å². The highest BCUT2D eigenvalue weighted by atomic mass is 32.2. The predicted molar refractivity (Wildman–Crippen MR) is 76.8 cm³/mol. The molecule has 7 heteroatoms. The van der Waals surface area contributed by atoms with Gasteiger partial charge in [0.2, 0.25) is 0 Å². The summed E-state index contributed by atoms with van der Waals surface area (Å²) in [7, 11) is 0. The summed E-state index contributed by atoms with van der Waals surface area (Å²) >= 11 is 1.54. The number of carbonyl (C=O) groups excluding carboxylic acids is 1. The van der Waals surface area contributed by atoms with Gasteiger partial charge in [-0.2, -0.15) is 0 Å².